The smallest absolute Gasteiger partial charge is 0.0406 e. The van der Waals surface area contributed by atoms with Gasteiger partial charge in [-0.3, -0.25) is 0 Å². The maximum Gasteiger partial charge on any atom is 0.0406 e. The zero-order chi connectivity index (χ0) is 54.5. The summed E-state index contributed by atoms with van der Waals surface area (Å²) in [5, 5.41) is 13.6. The van der Waals surface area contributed by atoms with Crippen molar-refractivity contribution < 1.29 is 71.5 Å². The Morgan fingerprint density at radius 2 is 0.462 bits per heavy atom. The third kappa shape index (κ3) is 18.6. The summed E-state index contributed by atoms with van der Waals surface area (Å²) >= 11 is 27.2. The average Bonchev–Trinajstić information content (AvgIpc) is 4.20. The van der Waals surface area contributed by atoms with E-state index in [2.05, 4.69) is 224 Å². The normalized spacial score (nSPS) is 10.3. The van der Waals surface area contributed by atoms with Crippen molar-refractivity contribution in [2.24, 2.45) is 0 Å². The largest absolute Gasteiger partial charge is 1.00 e. The minimum absolute atomic E-state index is 0. The molecule has 392 valence electrons. The van der Waals surface area contributed by atoms with E-state index in [1.165, 1.54) is 110 Å². The fourth-order valence-corrected chi connectivity index (χ4v) is 9.57. The van der Waals surface area contributed by atoms with Crippen LogP contribution in [0.15, 0.2) is 218 Å². The van der Waals surface area contributed by atoms with Crippen LogP contribution in [0, 0.1) is 27.7 Å². The molecule has 12 rings (SSSR count). The Morgan fingerprint density at radius 3 is 0.628 bits per heavy atom. The molecule has 0 nitrogen and oxygen atoms in total. The van der Waals surface area contributed by atoms with E-state index >= 15 is 0 Å². The van der Waals surface area contributed by atoms with Gasteiger partial charge < -0.3 is 24.8 Å². The van der Waals surface area contributed by atoms with Crippen LogP contribution in [0.4, 0.5) is 0 Å². The van der Waals surface area contributed by atoms with E-state index in [1.54, 1.807) is 46.7 Å². The predicted octanol–water partition coefficient (Wildman–Crippen LogP) is 16.3. The quantitative estimate of drug-likeness (QED) is 0.122. The van der Waals surface area contributed by atoms with E-state index in [0.717, 1.165) is 20.1 Å². The fraction of sp³-hybridized carbons (Fsp3) is 0.118. The van der Waals surface area contributed by atoms with Gasteiger partial charge in [0.25, 0.3) is 0 Å². The summed E-state index contributed by atoms with van der Waals surface area (Å²) in [4.78, 5) is 0. The van der Waals surface area contributed by atoms with Gasteiger partial charge >= 0.3 is 83.7 Å². The van der Waals surface area contributed by atoms with Gasteiger partial charge in [0.15, 0.2) is 0 Å². The Balaban J connectivity index is 0.000000181. The molecule has 12 aromatic rings. The summed E-state index contributed by atoms with van der Waals surface area (Å²) in [6.07, 6.45) is 0. The van der Waals surface area contributed by atoms with Gasteiger partial charge in [-0.15, -0.1) is 138 Å². The number of hydrogen-bond donors (Lipinski definition) is 0. The van der Waals surface area contributed by atoms with Gasteiger partial charge in [-0.2, -0.15) is 24.3 Å². The fourth-order valence-electron chi connectivity index (χ4n) is 9.06. The Morgan fingerprint density at radius 1 is 0.295 bits per heavy atom. The molecule has 0 heterocycles. The van der Waals surface area contributed by atoms with Crippen LogP contribution >= 0.6 is 46.4 Å². The molecule has 10 heteroatoms. The third-order valence-electron chi connectivity index (χ3n) is 12.2. The minimum atomic E-state index is 0. The van der Waals surface area contributed by atoms with E-state index in [4.69, 9.17) is 46.4 Å². The second-order valence-electron chi connectivity index (χ2n) is 19.4. The zero-order valence-electron chi connectivity index (χ0n) is 45.1. The van der Waals surface area contributed by atoms with E-state index in [1.807, 2.05) is 48.5 Å². The van der Waals surface area contributed by atoms with Crippen molar-refractivity contribution in [1.29, 1.82) is 0 Å². The van der Waals surface area contributed by atoms with Crippen LogP contribution in [0.2, 0.25) is 46.3 Å². The molecular formula is C68H60Cl6Si2Zr2-2. The van der Waals surface area contributed by atoms with Crippen molar-refractivity contribution >= 4 is 100 Å². The van der Waals surface area contributed by atoms with Crippen LogP contribution in [0.25, 0.3) is 87.6 Å². The molecule has 0 aliphatic heterocycles. The number of rotatable bonds is 4. The van der Waals surface area contributed by atoms with Crippen molar-refractivity contribution in [3.8, 4) is 44.5 Å². The van der Waals surface area contributed by atoms with E-state index < -0.39 is 0 Å². The molecule has 0 amide bonds. The zero-order valence-corrected chi connectivity index (χ0v) is 56.5. The molecular weight excluding hydrogens is 1270 g/mol. The molecule has 0 aliphatic carbocycles. The summed E-state index contributed by atoms with van der Waals surface area (Å²) in [5.41, 5.74) is 15.6. The molecule has 0 saturated heterocycles. The van der Waals surface area contributed by atoms with Crippen LogP contribution in [0.3, 0.4) is 0 Å². The van der Waals surface area contributed by atoms with E-state index in [-0.39, 0.29) is 35.7 Å². The predicted molar refractivity (Wildman–Crippen MR) is 334 cm³/mol. The number of aryl methyl sites for hydroxylation is 4. The first-order valence-corrected chi connectivity index (χ1v) is 39.0. The second-order valence-corrected chi connectivity index (χ2v) is 39.9. The average molecular weight is 1330 g/mol. The van der Waals surface area contributed by atoms with Crippen molar-refractivity contribution in [2.45, 2.75) is 53.9 Å². The SMILES string of the molecule is C[Si](C)=[Zr+2].C[Si](C)=[Zr+2].Cc1cc2c(-c3ccc(Cl)cc3)cccc2[cH-]1.Cc1cc2c(-c3ccc(Cl)cc3)cccc2[cH-]1.Cc1cc2c(-c3ccc(Cl)cc3)cccc2[cH-]1.Cc1cc2c(-c3ccc(Cl)cc3)cccc2[cH-]1.[Cl-].[Cl-]. The molecule has 0 N–H and O–H groups in total. The molecule has 78 heavy (non-hydrogen) atoms. The van der Waals surface area contributed by atoms with Crippen LogP contribution in [-0.4, -0.2) is 10.9 Å². The Bertz CT molecular complexity index is 3360. The first-order chi connectivity index (χ1) is 36.4. The molecule has 0 aromatic heterocycles. The van der Waals surface area contributed by atoms with Gasteiger partial charge in [0.2, 0.25) is 0 Å². The number of fused-ring (bicyclic) bond motifs is 4. The minimum Gasteiger partial charge on any atom is -1.00 e. The maximum absolute atomic E-state index is 5.92. The summed E-state index contributed by atoms with van der Waals surface area (Å²) in [5.74, 6) is 0. The molecule has 0 bridgehead atoms. The third-order valence-corrected chi connectivity index (χ3v) is 13.2. The summed E-state index contributed by atoms with van der Waals surface area (Å²) in [6.45, 7) is 17.8. The Kier molecular flexibility index (Phi) is 26.1. The van der Waals surface area contributed by atoms with Crippen molar-refractivity contribution in [1.82, 2.24) is 0 Å². The maximum atomic E-state index is 5.92. The van der Waals surface area contributed by atoms with Crippen LogP contribution < -0.4 is 24.8 Å². The second kappa shape index (κ2) is 31.4. The molecule has 0 saturated carbocycles. The van der Waals surface area contributed by atoms with Gasteiger partial charge in [-0.25, -0.2) is 0 Å². The molecule has 0 unspecified atom stereocenters. The van der Waals surface area contributed by atoms with Crippen LogP contribution in [0.1, 0.15) is 22.3 Å². The standard InChI is InChI=1S/4C16H12Cl.2C2H6Si.2ClH.2Zr/c4*1-11-9-13-3-2-4-15(16(13)10-11)12-5-7-14(17)8-6-12;2*1-3-2;;;;/h4*2-10H,1H3;2*1-2H3;2*1H;;/q4*-1;;;;;2*+2/p-2. The van der Waals surface area contributed by atoms with Crippen LogP contribution in [0.5, 0.6) is 0 Å². The molecule has 0 spiro atoms. The van der Waals surface area contributed by atoms with Crippen molar-refractivity contribution in [3.63, 3.8) is 0 Å². The molecule has 12 aromatic carbocycles. The monoisotopic (exact) mass is 1320 g/mol. The number of benzene rings is 8. The van der Waals surface area contributed by atoms with E-state index in [9.17, 15) is 0 Å². The van der Waals surface area contributed by atoms with Crippen molar-refractivity contribution in [2.75, 3.05) is 0 Å². The first kappa shape index (κ1) is 65.0. The van der Waals surface area contributed by atoms with Gasteiger partial charge in [-0.1, -0.05) is 169 Å². The molecule has 0 atom stereocenters. The molecule has 0 radical (unpaired) electrons. The Labute approximate surface area is 525 Å². The first-order valence-electron chi connectivity index (χ1n) is 25.1. The molecule has 0 fully saturated rings. The van der Waals surface area contributed by atoms with Gasteiger partial charge in [0.1, 0.15) is 0 Å². The van der Waals surface area contributed by atoms with Gasteiger partial charge in [0.05, 0.1) is 0 Å². The number of halogens is 6. The topological polar surface area (TPSA) is 0 Å². The van der Waals surface area contributed by atoms with Crippen LogP contribution in [-0.2, 0) is 46.7 Å². The summed E-state index contributed by atoms with van der Waals surface area (Å²) in [7, 11) is 0. The summed E-state index contributed by atoms with van der Waals surface area (Å²) < 4.78 is 0. The number of hydrogen-bond acceptors (Lipinski definition) is 0. The Hall–Kier alpha value is -3.86. The summed E-state index contributed by atoms with van der Waals surface area (Å²) in [6, 6.07) is 75.5. The van der Waals surface area contributed by atoms with Gasteiger partial charge in [-0.05, 0) is 70.8 Å². The molecule has 0 aliphatic rings. The van der Waals surface area contributed by atoms with E-state index in [0.29, 0.717) is 0 Å². The van der Waals surface area contributed by atoms with Crippen molar-refractivity contribution in [3.05, 3.63) is 261 Å². The van der Waals surface area contributed by atoms with Gasteiger partial charge in [0, 0.05) is 20.1 Å².